The van der Waals surface area contributed by atoms with Crippen LogP contribution in [0.1, 0.15) is 25.1 Å². The highest BCUT2D eigenvalue weighted by Gasteiger charge is 2.06. The van der Waals surface area contributed by atoms with Crippen LogP contribution in [-0.2, 0) is 0 Å². The molecule has 1 aromatic heterocycles. The summed E-state index contributed by atoms with van der Waals surface area (Å²) < 4.78 is 4.87. The number of aromatic amines is 1. The van der Waals surface area contributed by atoms with Gasteiger partial charge in [-0.3, -0.25) is 0 Å². The van der Waals surface area contributed by atoms with Crippen LogP contribution in [0.15, 0.2) is 6.20 Å². The predicted octanol–water partition coefficient (Wildman–Crippen LogP) is 0.828. The van der Waals surface area contributed by atoms with E-state index in [1.54, 1.807) is 13.3 Å². The van der Waals surface area contributed by atoms with Crippen LogP contribution in [0.2, 0.25) is 0 Å². The molecule has 4 nitrogen and oxygen atoms in total. The maximum Gasteiger partial charge on any atom is 0.293 e. The summed E-state index contributed by atoms with van der Waals surface area (Å²) in [4.78, 5) is 6.90. The first-order chi connectivity index (χ1) is 5.27. The van der Waals surface area contributed by atoms with Gasteiger partial charge in [0.2, 0.25) is 0 Å². The van der Waals surface area contributed by atoms with Crippen LogP contribution in [0, 0.1) is 0 Å². The summed E-state index contributed by atoms with van der Waals surface area (Å²) in [7, 11) is 1.57. The number of nitrogens with zero attached hydrogens (tertiary/aromatic N) is 1. The molecular formula is C7H13N3O. The van der Waals surface area contributed by atoms with Crippen molar-refractivity contribution in [2.45, 2.75) is 19.4 Å². The first-order valence-electron chi connectivity index (χ1n) is 3.62. The molecule has 1 unspecified atom stereocenters. The number of hydrogen-bond acceptors (Lipinski definition) is 3. The Bertz CT molecular complexity index is 221. The molecule has 0 spiro atoms. The minimum atomic E-state index is 0.0337. The monoisotopic (exact) mass is 155 g/mol. The van der Waals surface area contributed by atoms with Crippen LogP contribution in [0.3, 0.4) is 0 Å². The highest BCUT2D eigenvalue weighted by molar-refractivity contribution is 5.08. The van der Waals surface area contributed by atoms with Gasteiger partial charge in [-0.2, -0.15) is 0 Å². The summed E-state index contributed by atoms with van der Waals surface area (Å²) in [6.45, 7) is 2.03. The van der Waals surface area contributed by atoms with Gasteiger partial charge in [-0.05, 0) is 6.42 Å². The van der Waals surface area contributed by atoms with Crippen molar-refractivity contribution >= 4 is 0 Å². The molecule has 0 radical (unpaired) electrons. The molecule has 0 aliphatic heterocycles. The Hall–Kier alpha value is -1.03. The number of nitrogens with two attached hydrogens (primary N) is 1. The van der Waals surface area contributed by atoms with Crippen molar-refractivity contribution < 1.29 is 4.74 Å². The minimum Gasteiger partial charge on any atom is -0.468 e. The second kappa shape index (κ2) is 3.39. The number of hydrogen-bond donors (Lipinski definition) is 2. The van der Waals surface area contributed by atoms with Crippen LogP contribution >= 0.6 is 0 Å². The van der Waals surface area contributed by atoms with E-state index in [1.807, 2.05) is 6.92 Å². The van der Waals surface area contributed by atoms with Gasteiger partial charge in [-0.25, -0.2) is 4.98 Å². The molecule has 1 atom stereocenters. The van der Waals surface area contributed by atoms with E-state index in [1.165, 1.54) is 0 Å². The lowest BCUT2D eigenvalue weighted by atomic mass is 10.2. The van der Waals surface area contributed by atoms with E-state index in [2.05, 4.69) is 9.97 Å². The second-order valence-corrected chi connectivity index (χ2v) is 2.36. The van der Waals surface area contributed by atoms with Crippen molar-refractivity contribution in [2.24, 2.45) is 5.73 Å². The predicted molar refractivity (Wildman–Crippen MR) is 42.4 cm³/mol. The van der Waals surface area contributed by atoms with Crippen LogP contribution in [0.5, 0.6) is 6.01 Å². The van der Waals surface area contributed by atoms with Gasteiger partial charge in [-0.15, -0.1) is 0 Å². The molecule has 4 heteroatoms. The third kappa shape index (κ3) is 1.71. The molecule has 0 aliphatic rings. The first-order valence-corrected chi connectivity index (χ1v) is 3.62. The van der Waals surface area contributed by atoms with Gasteiger partial charge in [0.25, 0.3) is 6.01 Å². The highest BCUT2D eigenvalue weighted by Crippen LogP contribution is 2.13. The van der Waals surface area contributed by atoms with Gasteiger partial charge in [-0.1, -0.05) is 6.92 Å². The molecule has 3 N–H and O–H groups in total. The summed E-state index contributed by atoms with van der Waals surface area (Å²) in [5.41, 5.74) is 6.66. The summed E-state index contributed by atoms with van der Waals surface area (Å²) in [6, 6.07) is 0.551. The largest absolute Gasteiger partial charge is 0.468 e. The Morgan fingerprint density at radius 3 is 3.00 bits per heavy atom. The zero-order valence-electron chi connectivity index (χ0n) is 6.79. The lowest BCUT2D eigenvalue weighted by Crippen LogP contribution is -2.08. The fraction of sp³-hybridized carbons (Fsp3) is 0.571. The molecule has 1 rings (SSSR count). The highest BCUT2D eigenvalue weighted by atomic mass is 16.5. The van der Waals surface area contributed by atoms with Gasteiger partial charge < -0.3 is 15.5 Å². The van der Waals surface area contributed by atoms with E-state index in [0.29, 0.717) is 6.01 Å². The Kier molecular flexibility index (Phi) is 2.48. The van der Waals surface area contributed by atoms with E-state index >= 15 is 0 Å². The van der Waals surface area contributed by atoms with Crippen molar-refractivity contribution in [3.63, 3.8) is 0 Å². The smallest absolute Gasteiger partial charge is 0.293 e. The topological polar surface area (TPSA) is 63.9 Å². The zero-order chi connectivity index (χ0) is 8.27. The number of aromatic nitrogens is 2. The van der Waals surface area contributed by atoms with Crippen molar-refractivity contribution in [2.75, 3.05) is 7.11 Å². The molecule has 0 saturated heterocycles. The van der Waals surface area contributed by atoms with Crippen molar-refractivity contribution in [3.05, 3.63) is 11.9 Å². The molecule has 0 bridgehead atoms. The third-order valence-corrected chi connectivity index (χ3v) is 1.60. The quantitative estimate of drug-likeness (QED) is 0.679. The maximum atomic E-state index is 5.74. The Morgan fingerprint density at radius 2 is 2.55 bits per heavy atom. The van der Waals surface area contributed by atoms with Crippen molar-refractivity contribution in [1.82, 2.24) is 9.97 Å². The summed E-state index contributed by atoms with van der Waals surface area (Å²) in [6.07, 6.45) is 2.60. The third-order valence-electron chi connectivity index (χ3n) is 1.60. The molecule has 11 heavy (non-hydrogen) atoms. The van der Waals surface area contributed by atoms with Crippen molar-refractivity contribution in [3.8, 4) is 6.01 Å². The van der Waals surface area contributed by atoms with E-state index in [9.17, 15) is 0 Å². The number of nitrogens with one attached hydrogen (secondary N) is 1. The number of imidazole rings is 1. The SMILES string of the molecule is CCC(N)c1cnc(OC)[nH]1. The molecule has 1 heterocycles. The zero-order valence-corrected chi connectivity index (χ0v) is 6.79. The van der Waals surface area contributed by atoms with Gasteiger partial charge in [0.1, 0.15) is 0 Å². The summed E-state index contributed by atoms with van der Waals surface area (Å²) in [5, 5.41) is 0. The van der Waals surface area contributed by atoms with Gasteiger partial charge in [0, 0.05) is 6.04 Å². The number of H-pyrrole nitrogens is 1. The molecule has 0 aromatic carbocycles. The molecule has 0 amide bonds. The average molecular weight is 155 g/mol. The lowest BCUT2D eigenvalue weighted by molar-refractivity contribution is 0.383. The van der Waals surface area contributed by atoms with E-state index < -0.39 is 0 Å². The number of methoxy groups -OCH3 is 1. The molecule has 0 saturated carbocycles. The number of rotatable bonds is 3. The second-order valence-electron chi connectivity index (χ2n) is 2.36. The Labute approximate surface area is 65.8 Å². The van der Waals surface area contributed by atoms with E-state index in [0.717, 1.165) is 12.1 Å². The van der Waals surface area contributed by atoms with Crippen LogP contribution < -0.4 is 10.5 Å². The molecule has 1 aromatic rings. The molecule has 62 valence electrons. The van der Waals surface area contributed by atoms with Crippen LogP contribution in [0.4, 0.5) is 0 Å². The van der Waals surface area contributed by atoms with E-state index in [-0.39, 0.29) is 6.04 Å². The Morgan fingerprint density at radius 1 is 1.82 bits per heavy atom. The van der Waals surface area contributed by atoms with E-state index in [4.69, 9.17) is 10.5 Å². The van der Waals surface area contributed by atoms with Crippen LogP contribution in [-0.4, -0.2) is 17.1 Å². The standard InChI is InChI=1S/C7H13N3O/c1-3-5(8)6-4-9-7(10-6)11-2/h4-5H,3,8H2,1-2H3,(H,9,10). The number of ether oxygens (including phenoxy) is 1. The molecular weight excluding hydrogens is 142 g/mol. The Balaban J connectivity index is 2.71. The average Bonchev–Trinajstić information content (AvgIpc) is 2.50. The van der Waals surface area contributed by atoms with Crippen molar-refractivity contribution in [1.29, 1.82) is 0 Å². The normalized spacial score (nSPS) is 13.0. The molecule has 0 fully saturated rings. The van der Waals surface area contributed by atoms with Gasteiger partial charge in [0.15, 0.2) is 0 Å². The summed E-state index contributed by atoms with van der Waals surface area (Å²) in [5.74, 6) is 0. The first kappa shape index (κ1) is 8.07. The maximum absolute atomic E-state index is 5.74. The fourth-order valence-electron chi connectivity index (χ4n) is 0.828. The van der Waals surface area contributed by atoms with Gasteiger partial charge >= 0.3 is 0 Å². The lowest BCUT2D eigenvalue weighted by Gasteiger charge is -2.03. The van der Waals surface area contributed by atoms with Gasteiger partial charge in [0.05, 0.1) is 19.0 Å². The molecule has 0 aliphatic carbocycles. The minimum absolute atomic E-state index is 0.0337. The fourth-order valence-corrected chi connectivity index (χ4v) is 0.828. The van der Waals surface area contributed by atoms with Crippen LogP contribution in [0.25, 0.3) is 0 Å². The summed E-state index contributed by atoms with van der Waals surface area (Å²) >= 11 is 0.